The number of benzene rings is 1. The van der Waals surface area contributed by atoms with Crippen molar-refractivity contribution in [2.24, 2.45) is 5.41 Å². The molecule has 1 heterocycles. The molecule has 3 heteroatoms. The molecule has 0 atom stereocenters. The molecule has 0 bridgehead atoms. The van der Waals surface area contributed by atoms with Gasteiger partial charge in [0.25, 0.3) is 0 Å². The van der Waals surface area contributed by atoms with Gasteiger partial charge in [0.15, 0.2) is 0 Å². The Hall–Kier alpha value is -1.35. The van der Waals surface area contributed by atoms with Crippen LogP contribution in [0.5, 0.6) is 0 Å². The molecule has 2 fully saturated rings. The predicted molar refractivity (Wildman–Crippen MR) is 83.3 cm³/mol. The highest BCUT2D eigenvalue weighted by atomic mass is 16.4. The molecule has 1 N–H and O–H groups in total. The molecular formula is C18H25NO2. The van der Waals surface area contributed by atoms with Crippen LogP contribution in [-0.4, -0.2) is 29.1 Å². The summed E-state index contributed by atoms with van der Waals surface area (Å²) in [6, 6.07) is 9.02. The van der Waals surface area contributed by atoms with E-state index in [1.54, 1.807) is 0 Å². The second-order valence-corrected chi connectivity index (χ2v) is 6.73. The van der Waals surface area contributed by atoms with E-state index in [0.29, 0.717) is 0 Å². The summed E-state index contributed by atoms with van der Waals surface area (Å²) in [5, 5.41) is 9.43. The van der Waals surface area contributed by atoms with E-state index in [4.69, 9.17) is 0 Å². The van der Waals surface area contributed by atoms with Crippen molar-refractivity contribution in [1.82, 2.24) is 4.90 Å². The van der Waals surface area contributed by atoms with E-state index < -0.39 is 11.4 Å². The fourth-order valence-electron chi connectivity index (χ4n) is 3.43. The Morgan fingerprint density at radius 2 is 1.86 bits per heavy atom. The lowest BCUT2D eigenvalue weighted by Gasteiger charge is -2.38. The van der Waals surface area contributed by atoms with E-state index >= 15 is 0 Å². The van der Waals surface area contributed by atoms with E-state index in [9.17, 15) is 9.90 Å². The molecule has 2 aliphatic rings. The molecule has 1 saturated heterocycles. The summed E-state index contributed by atoms with van der Waals surface area (Å²) in [6.45, 7) is 4.74. The molecule has 0 radical (unpaired) electrons. The molecule has 1 aliphatic heterocycles. The zero-order chi connectivity index (χ0) is 14.9. The van der Waals surface area contributed by atoms with Gasteiger partial charge in [-0.3, -0.25) is 9.69 Å². The highest BCUT2D eigenvalue weighted by Gasteiger charge is 2.39. The van der Waals surface area contributed by atoms with Crippen molar-refractivity contribution in [3.05, 3.63) is 35.4 Å². The molecule has 3 rings (SSSR count). The van der Waals surface area contributed by atoms with Crippen LogP contribution < -0.4 is 0 Å². The van der Waals surface area contributed by atoms with Crippen molar-refractivity contribution in [3.63, 3.8) is 0 Å². The number of likely N-dealkylation sites (tertiary alicyclic amines) is 1. The van der Waals surface area contributed by atoms with Gasteiger partial charge in [-0.2, -0.15) is 0 Å². The number of aliphatic carboxylic acids is 1. The minimum absolute atomic E-state index is 0.480. The Morgan fingerprint density at radius 1 is 1.24 bits per heavy atom. The Labute approximate surface area is 127 Å². The summed E-state index contributed by atoms with van der Waals surface area (Å²) in [6.07, 6.45) is 4.99. The first-order valence-electron chi connectivity index (χ1n) is 8.17. The molecule has 1 aromatic carbocycles. The first-order valence-corrected chi connectivity index (χ1v) is 8.17. The molecule has 0 aromatic heterocycles. The van der Waals surface area contributed by atoms with E-state index in [1.165, 1.54) is 24.0 Å². The van der Waals surface area contributed by atoms with Crippen molar-refractivity contribution in [2.75, 3.05) is 13.1 Å². The molecule has 1 aromatic rings. The third-order valence-corrected chi connectivity index (χ3v) is 5.38. The fraction of sp³-hybridized carbons (Fsp3) is 0.611. The summed E-state index contributed by atoms with van der Waals surface area (Å²) in [5.41, 5.74) is 2.35. The van der Waals surface area contributed by atoms with E-state index in [-0.39, 0.29) is 0 Å². The number of carbonyl (C=O) groups is 1. The number of hydrogen-bond acceptors (Lipinski definition) is 2. The molecule has 3 nitrogen and oxygen atoms in total. The number of carboxylic acid groups (broad SMARTS) is 1. The number of rotatable bonds is 5. The van der Waals surface area contributed by atoms with Crippen molar-refractivity contribution >= 4 is 5.97 Å². The lowest BCUT2D eigenvalue weighted by molar-refractivity contribution is -0.152. The topological polar surface area (TPSA) is 40.5 Å². The van der Waals surface area contributed by atoms with Gasteiger partial charge in [0, 0.05) is 6.54 Å². The summed E-state index contributed by atoms with van der Waals surface area (Å²) in [4.78, 5) is 13.9. The summed E-state index contributed by atoms with van der Waals surface area (Å²) in [5.74, 6) is 0.202. The maximum atomic E-state index is 11.5. The zero-order valence-corrected chi connectivity index (χ0v) is 12.8. The standard InChI is InChI=1S/C18H25NO2/c1-2-18(17(20)21)9-11-19(12-10-18)13-14-3-5-15(6-4-14)16-7-8-16/h3-6,16H,2,7-13H2,1H3,(H,20,21). The summed E-state index contributed by atoms with van der Waals surface area (Å²) in [7, 11) is 0. The predicted octanol–water partition coefficient (Wildman–Crippen LogP) is 3.64. The quantitative estimate of drug-likeness (QED) is 0.899. The monoisotopic (exact) mass is 287 g/mol. The minimum Gasteiger partial charge on any atom is -0.481 e. The summed E-state index contributed by atoms with van der Waals surface area (Å²) < 4.78 is 0. The Bertz CT molecular complexity index is 496. The van der Waals surface area contributed by atoms with E-state index in [2.05, 4.69) is 29.2 Å². The number of carboxylic acids is 1. The molecular weight excluding hydrogens is 262 g/mol. The molecule has 0 amide bonds. The van der Waals surface area contributed by atoms with Crippen LogP contribution in [0.4, 0.5) is 0 Å². The van der Waals surface area contributed by atoms with Gasteiger partial charge in [-0.05, 0) is 62.2 Å². The highest BCUT2D eigenvalue weighted by Crippen LogP contribution is 2.40. The Kier molecular flexibility index (Phi) is 4.03. The average Bonchev–Trinajstić information content (AvgIpc) is 3.33. The summed E-state index contributed by atoms with van der Waals surface area (Å²) >= 11 is 0. The molecule has 1 saturated carbocycles. The zero-order valence-electron chi connectivity index (χ0n) is 12.8. The van der Waals surface area contributed by atoms with E-state index in [0.717, 1.165) is 44.8 Å². The molecule has 0 spiro atoms. The van der Waals surface area contributed by atoms with Gasteiger partial charge in [0.05, 0.1) is 5.41 Å². The van der Waals surface area contributed by atoms with Gasteiger partial charge in [-0.1, -0.05) is 31.2 Å². The third-order valence-electron chi connectivity index (χ3n) is 5.38. The third kappa shape index (κ3) is 3.13. The average molecular weight is 287 g/mol. The van der Waals surface area contributed by atoms with Crippen LogP contribution in [0, 0.1) is 5.41 Å². The smallest absolute Gasteiger partial charge is 0.309 e. The molecule has 21 heavy (non-hydrogen) atoms. The van der Waals surface area contributed by atoms with Crippen LogP contribution in [0.2, 0.25) is 0 Å². The maximum Gasteiger partial charge on any atom is 0.309 e. The highest BCUT2D eigenvalue weighted by molar-refractivity contribution is 5.74. The van der Waals surface area contributed by atoms with Crippen LogP contribution in [0.1, 0.15) is 56.1 Å². The lowest BCUT2D eigenvalue weighted by atomic mass is 9.76. The van der Waals surface area contributed by atoms with Gasteiger partial charge >= 0.3 is 5.97 Å². The fourth-order valence-corrected chi connectivity index (χ4v) is 3.43. The van der Waals surface area contributed by atoms with Crippen LogP contribution >= 0.6 is 0 Å². The first-order chi connectivity index (χ1) is 10.1. The second-order valence-electron chi connectivity index (χ2n) is 6.73. The van der Waals surface area contributed by atoms with Gasteiger partial charge in [0.2, 0.25) is 0 Å². The normalized spacial score (nSPS) is 22.1. The van der Waals surface area contributed by atoms with E-state index in [1.807, 2.05) is 6.92 Å². The van der Waals surface area contributed by atoms with Gasteiger partial charge < -0.3 is 5.11 Å². The van der Waals surface area contributed by atoms with Gasteiger partial charge in [0.1, 0.15) is 0 Å². The second kappa shape index (κ2) is 5.80. The van der Waals surface area contributed by atoms with Crippen molar-refractivity contribution < 1.29 is 9.90 Å². The first kappa shape index (κ1) is 14.6. The van der Waals surface area contributed by atoms with Crippen molar-refractivity contribution in [2.45, 2.75) is 51.5 Å². The van der Waals surface area contributed by atoms with Crippen LogP contribution in [0.25, 0.3) is 0 Å². The van der Waals surface area contributed by atoms with Crippen molar-refractivity contribution in [1.29, 1.82) is 0 Å². The van der Waals surface area contributed by atoms with Gasteiger partial charge in [-0.15, -0.1) is 0 Å². The number of hydrogen-bond donors (Lipinski definition) is 1. The number of piperidine rings is 1. The van der Waals surface area contributed by atoms with Crippen LogP contribution in [0.3, 0.4) is 0 Å². The molecule has 0 unspecified atom stereocenters. The van der Waals surface area contributed by atoms with Gasteiger partial charge in [-0.25, -0.2) is 0 Å². The lowest BCUT2D eigenvalue weighted by Crippen LogP contribution is -2.43. The van der Waals surface area contributed by atoms with Crippen LogP contribution in [-0.2, 0) is 11.3 Å². The Balaban J connectivity index is 1.56. The van der Waals surface area contributed by atoms with Crippen LogP contribution in [0.15, 0.2) is 24.3 Å². The minimum atomic E-state index is -0.613. The molecule has 1 aliphatic carbocycles. The molecule has 114 valence electrons. The largest absolute Gasteiger partial charge is 0.481 e. The SMILES string of the molecule is CCC1(C(=O)O)CCN(Cc2ccc(C3CC3)cc2)CC1. The maximum absolute atomic E-state index is 11.5. The Morgan fingerprint density at radius 3 is 2.33 bits per heavy atom. The number of nitrogens with zero attached hydrogens (tertiary/aromatic N) is 1. The van der Waals surface area contributed by atoms with Crippen molar-refractivity contribution in [3.8, 4) is 0 Å².